The molecular formula is C18H27N3O2. The van der Waals surface area contributed by atoms with Gasteiger partial charge in [0.2, 0.25) is 5.91 Å². The number of aliphatic hydroxyl groups is 1. The molecule has 1 N–H and O–H groups in total. The van der Waals surface area contributed by atoms with Gasteiger partial charge in [0.1, 0.15) is 0 Å². The molecule has 0 aromatic heterocycles. The van der Waals surface area contributed by atoms with E-state index < -0.39 is 0 Å². The molecule has 126 valence electrons. The standard InChI is InChI=1S/C18H27N3O2/c1-15-3-2-4-16(13-15)20-9-11-21(12-10-20)18(23)14-19-7-5-17(22)6-8-19/h2-4,13,17,22H,5-12,14H2,1H3. The summed E-state index contributed by atoms with van der Waals surface area (Å²) in [6.45, 7) is 7.65. The number of piperidine rings is 1. The first-order valence-corrected chi connectivity index (χ1v) is 8.61. The number of hydrogen-bond donors (Lipinski definition) is 1. The molecule has 1 amide bonds. The van der Waals surface area contributed by atoms with Crippen molar-refractivity contribution in [2.45, 2.75) is 25.9 Å². The van der Waals surface area contributed by atoms with Crippen molar-refractivity contribution < 1.29 is 9.90 Å². The first kappa shape index (κ1) is 16.3. The molecule has 3 rings (SSSR count). The van der Waals surface area contributed by atoms with Gasteiger partial charge in [0.25, 0.3) is 0 Å². The highest BCUT2D eigenvalue weighted by molar-refractivity contribution is 5.78. The van der Waals surface area contributed by atoms with Crippen molar-refractivity contribution >= 4 is 11.6 Å². The van der Waals surface area contributed by atoms with Gasteiger partial charge in [-0.15, -0.1) is 0 Å². The van der Waals surface area contributed by atoms with Crippen molar-refractivity contribution in [2.75, 3.05) is 50.7 Å². The molecule has 0 aliphatic carbocycles. The van der Waals surface area contributed by atoms with Crippen molar-refractivity contribution in [2.24, 2.45) is 0 Å². The normalized spacial score (nSPS) is 20.8. The third-order valence-electron chi connectivity index (χ3n) is 4.92. The number of nitrogens with zero attached hydrogens (tertiary/aromatic N) is 3. The molecule has 0 saturated carbocycles. The second kappa shape index (κ2) is 7.32. The summed E-state index contributed by atoms with van der Waals surface area (Å²) in [4.78, 5) is 19.0. The predicted octanol–water partition coefficient (Wildman–Crippen LogP) is 1.10. The Labute approximate surface area is 138 Å². The van der Waals surface area contributed by atoms with Crippen LogP contribution >= 0.6 is 0 Å². The highest BCUT2D eigenvalue weighted by Crippen LogP contribution is 2.18. The number of aryl methyl sites for hydroxylation is 1. The average molecular weight is 317 g/mol. The smallest absolute Gasteiger partial charge is 0.236 e. The number of hydrogen-bond acceptors (Lipinski definition) is 4. The van der Waals surface area contributed by atoms with Crippen LogP contribution < -0.4 is 4.90 Å². The maximum atomic E-state index is 12.4. The fourth-order valence-electron chi connectivity index (χ4n) is 3.41. The summed E-state index contributed by atoms with van der Waals surface area (Å²) in [5.74, 6) is 0.227. The first-order chi connectivity index (χ1) is 11.1. The van der Waals surface area contributed by atoms with Crippen molar-refractivity contribution in [3.63, 3.8) is 0 Å². The Morgan fingerprint density at radius 2 is 1.83 bits per heavy atom. The second-order valence-corrected chi connectivity index (χ2v) is 6.71. The molecule has 2 aliphatic rings. The van der Waals surface area contributed by atoms with Crippen LogP contribution in [0.5, 0.6) is 0 Å². The number of amides is 1. The molecule has 0 bridgehead atoms. The Morgan fingerprint density at radius 3 is 2.48 bits per heavy atom. The maximum Gasteiger partial charge on any atom is 0.236 e. The van der Waals surface area contributed by atoms with Gasteiger partial charge in [-0.25, -0.2) is 0 Å². The Balaban J connectivity index is 1.47. The number of benzene rings is 1. The van der Waals surface area contributed by atoms with E-state index in [1.807, 2.05) is 4.90 Å². The highest BCUT2D eigenvalue weighted by atomic mass is 16.3. The van der Waals surface area contributed by atoms with Gasteiger partial charge >= 0.3 is 0 Å². The first-order valence-electron chi connectivity index (χ1n) is 8.61. The van der Waals surface area contributed by atoms with E-state index in [0.717, 1.165) is 52.1 Å². The monoisotopic (exact) mass is 317 g/mol. The van der Waals surface area contributed by atoms with Gasteiger partial charge in [0.05, 0.1) is 12.6 Å². The van der Waals surface area contributed by atoms with Crippen molar-refractivity contribution in [3.8, 4) is 0 Å². The topological polar surface area (TPSA) is 47.0 Å². The largest absolute Gasteiger partial charge is 0.393 e. The van der Waals surface area contributed by atoms with E-state index in [4.69, 9.17) is 0 Å². The summed E-state index contributed by atoms with van der Waals surface area (Å²) in [7, 11) is 0. The van der Waals surface area contributed by atoms with Crippen molar-refractivity contribution in [1.29, 1.82) is 0 Å². The number of rotatable bonds is 3. The molecule has 2 fully saturated rings. The van der Waals surface area contributed by atoms with Crippen LogP contribution in [0.3, 0.4) is 0 Å². The van der Waals surface area contributed by atoms with Gasteiger partial charge in [0, 0.05) is 45.0 Å². The number of aliphatic hydroxyl groups excluding tert-OH is 1. The van der Waals surface area contributed by atoms with Gasteiger partial charge in [-0.05, 0) is 37.5 Å². The highest BCUT2D eigenvalue weighted by Gasteiger charge is 2.24. The van der Waals surface area contributed by atoms with E-state index in [2.05, 4.69) is 41.0 Å². The lowest BCUT2D eigenvalue weighted by molar-refractivity contribution is -0.133. The lowest BCUT2D eigenvalue weighted by atomic mass is 10.1. The fraction of sp³-hybridized carbons (Fsp3) is 0.611. The predicted molar refractivity (Wildman–Crippen MR) is 91.7 cm³/mol. The third-order valence-corrected chi connectivity index (χ3v) is 4.92. The van der Waals surface area contributed by atoms with Crippen LogP contribution in [-0.4, -0.2) is 72.7 Å². The van der Waals surface area contributed by atoms with E-state index in [1.165, 1.54) is 11.3 Å². The Kier molecular flexibility index (Phi) is 5.18. The van der Waals surface area contributed by atoms with Crippen molar-refractivity contribution in [3.05, 3.63) is 29.8 Å². The average Bonchev–Trinajstić information content (AvgIpc) is 2.57. The molecule has 2 heterocycles. The van der Waals surface area contributed by atoms with E-state index >= 15 is 0 Å². The van der Waals surface area contributed by atoms with Gasteiger partial charge in [0.15, 0.2) is 0 Å². The minimum absolute atomic E-state index is 0.181. The molecule has 2 saturated heterocycles. The summed E-state index contributed by atoms with van der Waals surface area (Å²) in [6, 6.07) is 8.55. The molecule has 1 aromatic carbocycles. The number of anilines is 1. The molecule has 0 atom stereocenters. The molecule has 1 aromatic rings. The van der Waals surface area contributed by atoms with E-state index in [-0.39, 0.29) is 12.0 Å². The van der Waals surface area contributed by atoms with Crippen LogP contribution in [0.25, 0.3) is 0 Å². The molecule has 5 nitrogen and oxygen atoms in total. The summed E-state index contributed by atoms with van der Waals surface area (Å²) in [5.41, 5.74) is 2.52. The lowest BCUT2D eigenvalue weighted by Crippen LogP contribution is -2.52. The maximum absolute atomic E-state index is 12.4. The van der Waals surface area contributed by atoms with Gasteiger partial charge in [-0.1, -0.05) is 12.1 Å². The van der Waals surface area contributed by atoms with Crippen LogP contribution in [-0.2, 0) is 4.79 Å². The molecule has 0 unspecified atom stereocenters. The summed E-state index contributed by atoms with van der Waals surface area (Å²) < 4.78 is 0. The van der Waals surface area contributed by atoms with Crippen LogP contribution in [0, 0.1) is 6.92 Å². The number of piperazine rings is 1. The van der Waals surface area contributed by atoms with E-state index in [9.17, 15) is 9.90 Å². The lowest BCUT2D eigenvalue weighted by Gasteiger charge is -2.37. The molecule has 0 radical (unpaired) electrons. The minimum Gasteiger partial charge on any atom is -0.393 e. The van der Waals surface area contributed by atoms with Gasteiger partial charge in [-0.2, -0.15) is 0 Å². The second-order valence-electron chi connectivity index (χ2n) is 6.71. The number of carbonyl (C=O) groups is 1. The Bertz CT molecular complexity index is 533. The van der Waals surface area contributed by atoms with Crippen LogP contribution in [0.15, 0.2) is 24.3 Å². The van der Waals surface area contributed by atoms with E-state index in [0.29, 0.717) is 6.54 Å². The quantitative estimate of drug-likeness (QED) is 0.907. The zero-order valence-corrected chi connectivity index (χ0v) is 13.9. The SMILES string of the molecule is Cc1cccc(N2CCN(C(=O)CN3CCC(O)CC3)CC2)c1. The molecule has 2 aliphatic heterocycles. The molecule has 23 heavy (non-hydrogen) atoms. The van der Waals surface area contributed by atoms with Crippen LogP contribution in [0.1, 0.15) is 18.4 Å². The zero-order chi connectivity index (χ0) is 16.2. The molecule has 0 spiro atoms. The van der Waals surface area contributed by atoms with Crippen LogP contribution in [0.4, 0.5) is 5.69 Å². The summed E-state index contributed by atoms with van der Waals surface area (Å²) in [6.07, 6.45) is 1.39. The van der Waals surface area contributed by atoms with Crippen LogP contribution in [0.2, 0.25) is 0 Å². The van der Waals surface area contributed by atoms with Gasteiger partial charge in [-0.3, -0.25) is 9.69 Å². The number of carbonyl (C=O) groups excluding carboxylic acids is 1. The molecule has 5 heteroatoms. The minimum atomic E-state index is -0.181. The van der Waals surface area contributed by atoms with Gasteiger partial charge < -0.3 is 14.9 Å². The Morgan fingerprint density at radius 1 is 1.13 bits per heavy atom. The zero-order valence-electron chi connectivity index (χ0n) is 13.9. The van der Waals surface area contributed by atoms with Crippen molar-refractivity contribution in [1.82, 2.24) is 9.80 Å². The number of likely N-dealkylation sites (tertiary alicyclic amines) is 1. The molecular weight excluding hydrogens is 290 g/mol. The summed E-state index contributed by atoms with van der Waals surface area (Å²) >= 11 is 0. The van der Waals surface area contributed by atoms with E-state index in [1.54, 1.807) is 0 Å². The summed E-state index contributed by atoms with van der Waals surface area (Å²) in [5, 5.41) is 9.54. The third kappa shape index (κ3) is 4.24. The Hall–Kier alpha value is -1.59. The fourth-order valence-corrected chi connectivity index (χ4v) is 3.41.